The number of carbonyl (C=O) groups is 1. The first-order valence-corrected chi connectivity index (χ1v) is 14.4. The van der Waals surface area contributed by atoms with Crippen molar-refractivity contribution in [3.05, 3.63) is 142 Å². The summed E-state index contributed by atoms with van der Waals surface area (Å²) in [6, 6.07) is 29.5. The van der Waals surface area contributed by atoms with Gasteiger partial charge in [0.05, 0.1) is 16.5 Å². The number of rotatable bonds is 7. The van der Waals surface area contributed by atoms with Gasteiger partial charge in [-0.25, -0.2) is 14.4 Å². The molecule has 7 rings (SSSR count). The number of hydrogen-bond acceptors (Lipinski definition) is 5. The van der Waals surface area contributed by atoms with Gasteiger partial charge >= 0.3 is 0 Å². The average molecular weight is 595 g/mol. The number of aromatic amines is 1. The lowest BCUT2D eigenvalue weighted by molar-refractivity contribution is 0.0990. The van der Waals surface area contributed by atoms with Crippen molar-refractivity contribution in [2.24, 2.45) is 7.05 Å². The Morgan fingerprint density at radius 2 is 1.62 bits per heavy atom. The summed E-state index contributed by atoms with van der Waals surface area (Å²) in [5, 5.41) is 1.08. The van der Waals surface area contributed by atoms with E-state index in [0.29, 0.717) is 27.7 Å². The number of benzene rings is 4. The predicted octanol–water partition coefficient (Wildman–Crippen LogP) is 7.81. The Morgan fingerprint density at radius 1 is 0.889 bits per heavy atom. The van der Waals surface area contributed by atoms with Crippen LogP contribution in [-0.4, -0.2) is 25.3 Å². The monoisotopic (exact) mass is 594 g/mol. The first kappa shape index (κ1) is 27.9. The van der Waals surface area contributed by atoms with Gasteiger partial charge in [0.2, 0.25) is 5.88 Å². The Labute approximate surface area is 257 Å². The molecule has 220 valence electrons. The molecule has 45 heavy (non-hydrogen) atoms. The van der Waals surface area contributed by atoms with Crippen molar-refractivity contribution in [2.75, 3.05) is 0 Å². The summed E-state index contributed by atoms with van der Waals surface area (Å²) in [7, 11) is 1.83. The molecule has 3 aromatic heterocycles. The number of aryl methyl sites for hydroxylation is 1. The summed E-state index contributed by atoms with van der Waals surface area (Å²) in [6.45, 7) is 1.75. The van der Waals surface area contributed by atoms with Crippen LogP contribution in [0.3, 0.4) is 0 Å². The maximum Gasteiger partial charge on any atom is 0.232 e. The molecule has 7 nitrogen and oxygen atoms in total. The molecule has 0 saturated carbocycles. The molecule has 0 bridgehead atoms. The third kappa shape index (κ3) is 5.06. The molecule has 0 atom stereocenters. The lowest BCUT2D eigenvalue weighted by Crippen LogP contribution is -2.23. The number of ether oxygens (including phenoxy) is 1. The first-order chi connectivity index (χ1) is 21.9. The van der Waals surface area contributed by atoms with Crippen LogP contribution in [0.25, 0.3) is 44.2 Å². The summed E-state index contributed by atoms with van der Waals surface area (Å²) in [5.74, 6) is -0.879. The summed E-state index contributed by atoms with van der Waals surface area (Å²) in [6.07, 6.45) is 3.02. The minimum Gasteiger partial charge on any atom is -0.435 e. The maximum absolute atomic E-state index is 15.4. The molecule has 7 aromatic rings. The predicted molar refractivity (Wildman–Crippen MR) is 173 cm³/mol. The molecule has 0 unspecified atom stereocenters. The minimum absolute atomic E-state index is 0.0438. The van der Waals surface area contributed by atoms with Crippen LogP contribution in [0.2, 0.25) is 0 Å². The number of nitrogens with one attached hydrogen (secondary N) is 1. The molecule has 0 saturated heterocycles. The highest BCUT2D eigenvalue weighted by atomic mass is 19.1. The summed E-state index contributed by atoms with van der Waals surface area (Å²) < 4.78 is 23.2. The molecule has 0 radical (unpaired) electrons. The fourth-order valence-corrected chi connectivity index (χ4v) is 5.77. The Balaban J connectivity index is 1.19. The van der Waals surface area contributed by atoms with E-state index in [0.717, 1.165) is 27.8 Å². The van der Waals surface area contributed by atoms with Crippen molar-refractivity contribution in [2.45, 2.75) is 13.3 Å². The number of hydrogen-bond donors (Lipinski definition) is 1. The molecule has 0 fully saturated rings. The number of halogens is 1. The van der Waals surface area contributed by atoms with Crippen LogP contribution in [0.5, 0.6) is 11.6 Å². The minimum atomic E-state index is -0.653. The van der Waals surface area contributed by atoms with Crippen molar-refractivity contribution in [3.8, 4) is 33.9 Å². The van der Waals surface area contributed by atoms with E-state index in [1.165, 1.54) is 18.5 Å². The summed E-state index contributed by atoms with van der Waals surface area (Å²) in [4.78, 5) is 39.0. The number of fused-ring (bicyclic) bond motifs is 2. The Hall–Kier alpha value is -5.89. The van der Waals surface area contributed by atoms with Gasteiger partial charge in [-0.2, -0.15) is 0 Å². The van der Waals surface area contributed by atoms with Gasteiger partial charge in [0.15, 0.2) is 22.8 Å². The second kappa shape index (κ2) is 11.3. The van der Waals surface area contributed by atoms with Crippen LogP contribution < -0.4 is 10.2 Å². The van der Waals surface area contributed by atoms with E-state index in [9.17, 15) is 9.59 Å². The Kier molecular flexibility index (Phi) is 7.02. The van der Waals surface area contributed by atoms with Gasteiger partial charge in [0, 0.05) is 36.3 Å². The van der Waals surface area contributed by atoms with Crippen molar-refractivity contribution >= 4 is 27.7 Å². The molecule has 0 amide bonds. The highest BCUT2D eigenvalue weighted by molar-refractivity contribution is 6.02. The third-order valence-electron chi connectivity index (χ3n) is 8.17. The summed E-state index contributed by atoms with van der Waals surface area (Å²) >= 11 is 0. The van der Waals surface area contributed by atoms with E-state index in [1.54, 1.807) is 13.0 Å². The first-order valence-electron chi connectivity index (χ1n) is 14.4. The second-order valence-electron chi connectivity index (χ2n) is 10.9. The third-order valence-corrected chi connectivity index (χ3v) is 8.17. The van der Waals surface area contributed by atoms with Crippen molar-refractivity contribution in [3.63, 3.8) is 0 Å². The SMILES string of the molecule is Cc1c(C(=O)Cc2ccc(Oc3ncnc4[nH]cc(-c5ccccc5)c34)c(F)c2)c(=O)c2cc(-c3ccccc3)ccc2n1C. The largest absolute Gasteiger partial charge is 0.435 e. The molecular weight excluding hydrogens is 567 g/mol. The average Bonchev–Trinajstić information content (AvgIpc) is 3.51. The van der Waals surface area contributed by atoms with Gasteiger partial charge < -0.3 is 14.3 Å². The van der Waals surface area contributed by atoms with Gasteiger partial charge in [-0.15, -0.1) is 0 Å². The number of aromatic nitrogens is 4. The standard InChI is InChI=1S/C37H27FN4O3/c1-22-33(35(44)27-19-26(14-15-30(27)42(22)2)24-9-5-3-6-10-24)31(43)18-23-13-16-32(29(38)17-23)45-37-34-28(25-11-7-4-8-12-25)20-39-36(34)40-21-41-37/h3-17,19-21H,18H2,1-2H3,(H,39,40,41). The van der Waals surface area contributed by atoms with Crippen LogP contribution in [-0.2, 0) is 13.5 Å². The van der Waals surface area contributed by atoms with Crippen LogP contribution in [0.15, 0.2) is 114 Å². The molecule has 0 aliphatic heterocycles. The van der Waals surface area contributed by atoms with Crippen molar-refractivity contribution in [1.29, 1.82) is 0 Å². The Morgan fingerprint density at radius 3 is 2.36 bits per heavy atom. The molecule has 4 aromatic carbocycles. The van der Waals surface area contributed by atoms with E-state index in [4.69, 9.17) is 4.74 Å². The van der Waals surface area contributed by atoms with Crippen molar-refractivity contribution in [1.82, 2.24) is 19.5 Å². The van der Waals surface area contributed by atoms with Gasteiger partial charge in [-0.1, -0.05) is 72.8 Å². The fraction of sp³-hybridized carbons (Fsp3) is 0.0811. The zero-order valence-electron chi connectivity index (χ0n) is 24.5. The van der Waals surface area contributed by atoms with Gasteiger partial charge in [0.25, 0.3) is 0 Å². The van der Waals surface area contributed by atoms with Crippen LogP contribution in [0.4, 0.5) is 4.39 Å². The number of H-pyrrole nitrogens is 1. The highest BCUT2D eigenvalue weighted by Crippen LogP contribution is 2.36. The highest BCUT2D eigenvalue weighted by Gasteiger charge is 2.21. The quantitative estimate of drug-likeness (QED) is 0.190. The molecule has 1 N–H and O–H groups in total. The van der Waals surface area contributed by atoms with E-state index >= 15 is 4.39 Å². The lowest BCUT2D eigenvalue weighted by Gasteiger charge is -2.15. The van der Waals surface area contributed by atoms with Gasteiger partial charge in [-0.3, -0.25) is 9.59 Å². The zero-order chi connectivity index (χ0) is 31.1. The number of pyridine rings is 1. The number of Topliss-reactive ketones (excluding diaryl/α,β-unsaturated/α-hetero) is 1. The lowest BCUT2D eigenvalue weighted by atomic mass is 9.97. The topological polar surface area (TPSA) is 89.9 Å². The van der Waals surface area contributed by atoms with Crippen molar-refractivity contribution < 1.29 is 13.9 Å². The second-order valence-corrected chi connectivity index (χ2v) is 10.9. The molecule has 8 heteroatoms. The zero-order valence-corrected chi connectivity index (χ0v) is 24.5. The van der Waals surface area contributed by atoms with E-state index in [1.807, 2.05) is 96.7 Å². The maximum atomic E-state index is 15.4. The van der Waals surface area contributed by atoms with Crippen LogP contribution >= 0.6 is 0 Å². The van der Waals surface area contributed by atoms with Crippen LogP contribution in [0.1, 0.15) is 21.6 Å². The summed E-state index contributed by atoms with van der Waals surface area (Å²) in [5.41, 5.74) is 5.65. The van der Waals surface area contributed by atoms with Gasteiger partial charge in [0.1, 0.15) is 12.0 Å². The molecule has 0 aliphatic rings. The molecule has 3 heterocycles. The van der Waals surface area contributed by atoms with E-state index in [2.05, 4.69) is 15.0 Å². The van der Waals surface area contributed by atoms with E-state index in [-0.39, 0.29) is 34.8 Å². The fourth-order valence-electron chi connectivity index (χ4n) is 5.77. The van der Waals surface area contributed by atoms with E-state index < -0.39 is 5.82 Å². The Bertz CT molecular complexity index is 2290. The smallest absolute Gasteiger partial charge is 0.232 e. The van der Waals surface area contributed by atoms with Gasteiger partial charge in [-0.05, 0) is 53.4 Å². The molecule has 0 spiro atoms. The van der Waals surface area contributed by atoms with Crippen LogP contribution in [0, 0.1) is 12.7 Å². The number of ketones is 1. The normalized spacial score (nSPS) is 11.3. The number of nitrogens with zero attached hydrogens (tertiary/aromatic N) is 3. The molecule has 0 aliphatic carbocycles. The number of carbonyl (C=O) groups excluding carboxylic acids is 1. The molecular formula is C37H27FN4O3.